The number of amides is 1. The minimum absolute atomic E-state index is 0.00541. The summed E-state index contributed by atoms with van der Waals surface area (Å²) in [4.78, 5) is 25.0. The van der Waals surface area contributed by atoms with Gasteiger partial charge in [-0.1, -0.05) is 69.2 Å². The van der Waals surface area contributed by atoms with Crippen LogP contribution in [-0.2, 0) is 9.59 Å². The lowest BCUT2D eigenvalue weighted by atomic mass is 9.85. The van der Waals surface area contributed by atoms with Crippen molar-refractivity contribution in [3.05, 3.63) is 0 Å². The number of rotatable bonds is 10. The predicted octanol–water partition coefficient (Wildman–Crippen LogP) is 5.05. The summed E-state index contributed by atoms with van der Waals surface area (Å²) < 4.78 is 0. The van der Waals surface area contributed by atoms with Crippen LogP contribution in [0.2, 0.25) is 0 Å². The zero-order chi connectivity index (χ0) is 25.5. The van der Waals surface area contributed by atoms with Gasteiger partial charge in [-0.05, 0) is 60.8 Å². The monoisotopic (exact) mass is 473 g/mol. The van der Waals surface area contributed by atoms with Gasteiger partial charge in [-0.2, -0.15) is 12.6 Å². The Morgan fingerprint density at radius 3 is 2.16 bits per heavy atom. The summed E-state index contributed by atoms with van der Waals surface area (Å²) in [7, 11) is 2.01. The fraction of sp³-hybridized carbons (Fsp3) is 0.923. The average molecular weight is 474 g/mol. The molecule has 2 N–H and O–H groups in total. The van der Waals surface area contributed by atoms with E-state index in [1.807, 2.05) is 25.8 Å². The van der Waals surface area contributed by atoms with Crippen LogP contribution in [0.15, 0.2) is 0 Å². The highest BCUT2D eigenvalue weighted by molar-refractivity contribution is 7.80. The summed E-state index contributed by atoms with van der Waals surface area (Å²) in [6.07, 6.45) is 4.07. The molecule has 32 heavy (non-hydrogen) atoms. The first-order chi connectivity index (χ1) is 14.7. The van der Waals surface area contributed by atoms with E-state index in [2.05, 4.69) is 78.7 Å². The van der Waals surface area contributed by atoms with Gasteiger partial charge in [0.25, 0.3) is 0 Å². The Kier molecular flexibility index (Phi) is 17.8. The molecule has 0 saturated carbocycles. The van der Waals surface area contributed by atoms with E-state index in [0.29, 0.717) is 29.7 Å². The fourth-order valence-electron chi connectivity index (χ4n) is 4.41. The van der Waals surface area contributed by atoms with Gasteiger partial charge >= 0.3 is 0 Å². The van der Waals surface area contributed by atoms with Gasteiger partial charge in [0, 0.05) is 13.1 Å². The zero-order valence-electron chi connectivity index (χ0n) is 23.0. The molecule has 0 aromatic heterocycles. The summed E-state index contributed by atoms with van der Waals surface area (Å²) in [6, 6.07) is -0.0961. The Morgan fingerprint density at radius 1 is 1.16 bits per heavy atom. The molecule has 0 bridgehead atoms. The molecule has 0 spiro atoms. The SMILES string of the molecule is CC.CC(S)CC(C)(C)CNC(=O)CN1CC(C)CC1C=O.CNCC(C)CC(C)(C)C. The van der Waals surface area contributed by atoms with E-state index in [-0.39, 0.29) is 17.4 Å². The van der Waals surface area contributed by atoms with Gasteiger partial charge in [0.2, 0.25) is 5.91 Å². The van der Waals surface area contributed by atoms with E-state index >= 15 is 0 Å². The van der Waals surface area contributed by atoms with Gasteiger partial charge in [0.15, 0.2) is 0 Å². The molecule has 1 saturated heterocycles. The van der Waals surface area contributed by atoms with E-state index < -0.39 is 0 Å². The number of nitrogens with one attached hydrogen (secondary N) is 2. The van der Waals surface area contributed by atoms with Crippen molar-refractivity contribution in [3.8, 4) is 0 Å². The number of thiol groups is 1. The molecule has 1 aliphatic heterocycles. The Morgan fingerprint density at radius 2 is 1.72 bits per heavy atom. The molecule has 0 aromatic carbocycles. The second kappa shape index (κ2) is 16.9. The molecule has 1 heterocycles. The van der Waals surface area contributed by atoms with Crippen LogP contribution in [0.4, 0.5) is 0 Å². The van der Waals surface area contributed by atoms with Gasteiger partial charge in [0.1, 0.15) is 6.29 Å². The van der Waals surface area contributed by atoms with Crippen molar-refractivity contribution in [2.45, 2.75) is 99.8 Å². The molecule has 0 aliphatic carbocycles. The smallest absolute Gasteiger partial charge is 0.234 e. The van der Waals surface area contributed by atoms with E-state index in [1.165, 1.54) is 6.42 Å². The molecular weight excluding hydrogens is 418 g/mol. The van der Waals surface area contributed by atoms with Crippen molar-refractivity contribution < 1.29 is 9.59 Å². The normalized spacial score (nSPS) is 20.9. The Labute approximate surface area is 205 Å². The number of hydrogen-bond acceptors (Lipinski definition) is 5. The number of carbonyl (C=O) groups excluding carboxylic acids is 2. The van der Waals surface area contributed by atoms with E-state index in [1.54, 1.807) is 0 Å². The minimum Gasteiger partial charge on any atom is -0.354 e. The molecule has 5 nitrogen and oxygen atoms in total. The van der Waals surface area contributed by atoms with Crippen LogP contribution in [0.5, 0.6) is 0 Å². The van der Waals surface area contributed by atoms with Gasteiger partial charge < -0.3 is 15.4 Å². The van der Waals surface area contributed by atoms with Crippen LogP contribution in [0.3, 0.4) is 0 Å². The molecule has 1 amide bonds. The number of aldehydes is 1. The van der Waals surface area contributed by atoms with Gasteiger partial charge in [-0.3, -0.25) is 9.69 Å². The van der Waals surface area contributed by atoms with Crippen molar-refractivity contribution in [1.29, 1.82) is 0 Å². The fourth-order valence-corrected chi connectivity index (χ4v) is 4.91. The highest BCUT2D eigenvalue weighted by Crippen LogP contribution is 2.24. The molecule has 192 valence electrons. The highest BCUT2D eigenvalue weighted by atomic mass is 32.1. The molecule has 4 unspecified atom stereocenters. The molecule has 1 fully saturated rings. The van der Waals surface area contributed by atoms with Gasteiger partial charge in [0.05, 0.1) is 12.6 Å². The Hall–Kier alpha value is -0.590. The van der Waals surface area contributed by atoms with Crippen LogP contribution >= 0.6 is 12.6 Å². The highest BCUT2D eigenvalue weighted by Gasteiger charge is 2.30. The van der Waals surface area contributed by atoms with Gasteiger partial charge in [-0.15, -0.1) is 0 Å². The molecule has 0 aromatic rings. The quantitative estimate of drug-likeness (QED) is 0.307. The van der Waals surface area contributed by atoms with Crippen molar-refractivity contribution in [2.75, 3.05) is 33.2 Å². The zero-order valence-corrected chi connectivity index (χ0v) is 23.9. The van der Waals surface area contributed by atoms with Crippen LogP contribution in [-0.4, -0.2) is 61.6 Å². The van der Waals surface area contributed by atoms with E-state index in [9.17, 15) is 9.59 Å². The van der Waals surface area contributed by atoms with Crippen molar-refractivity contribution in [2.24, 2.45) is 22.7 Å². The number of likely N-dealkylation sites (tertiary alicyclic amines) is 1. The summed E-state index contributed by atoms with van der Waals surface area (Å²) in [6.45, 7) is 24.5. The van der Waals surface area contributed by atoms with Crippen LogP contribution in [0.1, 0.15) is 88.5 Å². The van der Waals surface area contributed by atoms with Crippen LogP contribution < -0.4 is 10.6 Å². The first-order valence-corrected chi connectivity index (χ1v) is 13.0. The minimum atomic E-state index is -0.0961. The Bertz CT molecular complexity index is 504. The maximum absolute atomic E-state index is 12.0. The van der Waals surface area contributed by atoms with Gasteiger partial charge in [-0.25, -0.2) is 0 Å². The van der Waals surface area contributed by atoms with Crippen molar-refractivity contribution in [3.63, 3.8) is 0 Å². The molecule has 6 heteroatoms. The van der Waals surface area contributed by atoms with Crippen LogP contribution in [0, 0.1) is 22.7 Å². The largest absolute Gasteiger partial charge is 0.354 e. The maximum Gasteiger partial charge on any atom is 0.234 e. The van der Waals surface area contributed by atoms with Crippen LogP contribution in [0.25, 0.3) is 0 Å². The lowest BCUT2D eigenvalue weighted by Crippen LogP contribution is -2.43. The molecule has 1 rings (SSSR count). The third-order valence-corrected chi connectivity index (χ3v) is 5.47. The molecule has 0 radical (unpaired) electrons. The third kappa shape index (κ3) is 17.9. The third-order valence-electron chi connectivity index (χ3n) is 5.29. The predicted molar refractivity (Wildman–Crippen MR) is 144 cm³/mol. The maximum atomic E-state index is 12.0. The standard InChI is InChI=1S/C15H28N2O2S.C9H21N.C2H6/c1-11-5-13(9-18)17(7-11)8-14(19)16-10-15(3,4)6-12(2)20;1-8(7-10-5)6-9(2,3)4;1-2/h9,11-13,20H,5-8,10H2,1-4H3,(H,16,19);8,10H,6-7H2,1-5H3;1-2H3. The number of carbonyl (C=O) groups is 2. The second-order valence-electron chi connectivity index (χ2n) is 11.4. The lowest BCUT2D eigenvalue weighted by molar-refractivity contribution is -0.123. The summed E-state index contributed by atoms with van der Waals surface area (Å²) in [5, 5.41) is 6.49. The summed E-state index contributed by atoms with van der Waals surface area (Å²) >= 11 is 4.40. The molecule has 1 aliphatic rings. The van der Waals surface area contributed by atoms with E-state index in [0.717, 1.165) is 38.1 Å². The number of nitrogens with zero attached hydrogens (tertiary/aromatic N) is 1. The van der Waals surface area contributed by atoms with Crippen molar-refractivity contribution >= 4 is 24.8 Å². The average Bonchev–Trinajstić information content (AvgIpc) is 2.99. The second-order valence-corrected chi connectivity index (χ2v) is 12.3. The van der Waals surface area contributed by atoms with E-state index in [4.69, 9.17) is 0 Å². The van der Waals surface area contributed by atoms with Crippen molar-refractivity contribution in [1.82, 2.24) is 15.5 Å². The first kappa shape index (κ1) is 33.6. The summed E-state index contributed by atoms with van der Waals surface area (Å²) in [5.41, 5.74) is 0.523. The lowest BCUT2D eigenvalue weighted by Gasteiger charge is -2.27. The Balaban J connectivity index is 0. The molecule has 4 atom stereocenters. The molecular formula is C26H55N3O2S. The topological polar surface area (TPSA) is 61.4 Å². The number of hydrogen-bond donors (Lipinski definition) is 3. The first-order valence-electron chi connectivity index (χ1n) is 12.5. The summed E-state index contributed by atoms with van der Waals surface area (Å²) in [5.74, 6) is 1.29.